The summed E-state index contributed by atoms with van der Waals surface area (Å²) >= 11 is 0. The van der Waals surface area contributed by atoms with Gasteiger partial charge in [0.25, 0.3) is 5.91 Å². The Morgan fingerprint density at radius 2 is 2.00 bits per heavy atom. The molecule has 4 nitrogen and oxygen atoms in total. The number of nitriles is 1. The van der Waals surface area contributed by atoms with E-state index in [0.717, 1.165) is 12.2 Å². The van der Waals surface area contributed by atoms with Crippen molar-refractivity contribution in [2.75, 3.05) is 13.2 Å². The number of carbonyl (C=O) groups is 1. The van der Waals surface area contributed by atoms with Crippen molar-refractivity contribution in [3.05, 3.63) is 65.2 Å². The van der Waals surface area contributed by atoms with Crippen LogP contribution >= 0.6 is 0 Å². The second kappa shape index (κ2) is 6.31. The lowest BCUT2D eigenvalue weighted by Gasteiger charge is -2.25. The third-order valence-electron chi connectivity index (χ3n) is 3.78. The van der Waals surface area contributed by atoms with E-state index in [2.05, 4.69) is 11.4 Å². The zero-order valence-electron chi connectivity index (χ0n) is 12.1. The number of carbonyl (C=O) groups excluding carboxylic acids is 1. The molecule has 0 saturated heterocycles. The van der Waals surface area contributed by atoms with Crippen LogP contribution in [-0.4, -0.2) is 19.1 Å². The van der Waals surface area contributed by atoms with Crippen molar-refractivity contribution in [2.24, 2.45) is 5.92 Å². The number of hydrogen-bond donors (Lipinski definition) is 1. The fourth-order valence-electron chi connectivity index (χ4n) is 2.56. The molecule has 110 valence electrons. The standard InChI is InChI=1S/C18H16N2O2/c19-10-13-5-7-15(8-6-13)18(21)20-11-14-9-16-3-1-2-4-17(16)22-12-14/h1-8,14H,9,11-12H2,(H,20,21). The van der Waals surface area contributed by atoms with E-state index in [1.54, 1.807) is 24.3 Å². The lowest BCUT2D eigenvalue weighted by molar-refractivity contribution is 0.0939. The molecule has 1 aliphatic rings. The summed E-state index contributed by atoms with van der Waals surface area (Å²) in [6, 6.07) is 16.7. The van der Waals surface area contributed by atoms with Crippen LogP contribution < -0.4 is 10.1 Å². The predicted octanol–water partition coefficient (Wildman–Crippen LogP) is 2.54. The fourth-order valence-corrected chi connectivity index (χ4v) is 2.56. The van der Waals surface area contributed by atoms with Gasteiger partial charge in [-0.3, -0.25) is 4.79 Å². The van der Waals surface area contributed by atoms with Crippen molar-refractivity contribution < 1.29 is 9.53 Å². The molecule has 2 aromatic rings. The molecule has 3 rings (SSSR count). The van der Waals surface area contributed by atoms with Gasteiger partial charge in [-0.25, -0.2) is 0 Å². The number of nitrogens with one attached hydrogen (secondary N) is 1. The van der Waals surface area contributed by atoms with Crippen LogP contribution in [0, 0.1) is 17.2 Å². The van der Waals surface area contributed by atoms with Crippen molar-refractivity contribution in [3.8, 4) is 11.8 Å². The fraction of sp³-hybridized carbons (Fsp3) is 0.222. The lowest BCUT2D eigenvalue weighted by atomic mass is 9.96. The van der Waals surface area contributed by atoms with Gasteiger partial charge < -0.3 is 10.1 Å². The van der Waals surface area contributed by atoms with E-state index in [0.29, 0.717) is 24.3 Å². The van der Waals surface area contributed by atoms with Crippen molar-refractivity contribution in [3.63, 3.8) is 0 Å². The molecule has 0 saturated carbocycles. The summed E-state index contributed by atoms with van der Waals surface area (Å²) in [6.07, 6.45) is 0.907. The van der Waals surface area contributed by atoms with Gasteiger partial charge in [-0.2, -0.15) is 5.26 Å². The van der Waals surface area contributed by atoms with Crippen LogP contribution in [0.5, 0.6) is 5.75 Å². The minimum absolute atomic E-state index is 0.122. The van der Waals surface area contributed by atoms with E-state index in [1.807, 2.05) is 24.3 Å². The monoisotopic (exact) mass is 292 g/mol. The summed E-state index contributed by atoms with van der Waals surface area (Å²) in [5.74, 6) is 1.10. The largest absolute Gasteiger partial charge is 0.493 e. The average Bonchev–Trinajstić information content (AvgIpc) is 2.59. The van der Waals surface area contributed by atoms with Gasteiger partial charge in [0.1, 0.15) is 5.75 Å². The van der Waals surface area contributed by atoms with Gasteiger partial charge in [-0.15, -0.1) is 0 Å². The number of rotatable bonds is 3. The van der Waals surface area contributed by atoms with Gasteiger partial charge in [-0.1, -0.05) is 18.2 Å². The Balaban J connectivity index is 1.57. The maximum Gasteiger partial charge on any atom is 0.251 e. The number of ether oxygens (including phenoxy) is 1. The van der Waals surface area contributed by atoms with E-state index in [4.69, 9.17) is 10.00 Å². The zero-order valence-corrected chi connectivity index (χ0v) is 12.1. The highest BCUT2D eigenvalue weighted by atomic mass is 16.5. The molecule has 0 spiro atoms. The van der Waals surface area contributed by atoms with Crippen LogP contribution in [0.25, 0.3) is 0 Å². The minimum Gasteiger partial charge on any atom is -0.493 e. The van der Waals surface area contributed by atoms with E-state index < -0.39 is 0 Å². The Morgan fingerprint density at radius 3 is 2.77 bits per heavy atom. The highest BCUT2D eigenvalue weighted by molar-refractivity contribution is 5.94. The number of benzene rings is 2. The predicted molar refractivity (Wildman–Crippen MR) is 82.6 cm³/mol. The molecule has 4 heteroatoms. The number of para-hydroxylation sites is 1. The Bertz CT molecular complexity index is 717. The van der Waals surface area contributed by atoms with Gasteiger partial charge in [0.15, 0.2) is 0 Å². The first-order valence-corrected chi connectivity index (χ1v) is 7.25. The highest BCUT2D eigenvalue weighted by Gasteiger charge is 2.20. The lowest BCUT2D eigenvalue weighted by Crippen LogP contribution is -2.34. The normalized spacial score (nSPS) is 16.0. The molecule has 1 N–H and O–H groups in total. The molecule has 1 atom stereocenters. The molecular weight excluding hydrogens is 276 g/mol. The van der Waals surface area contributed by atoms with E-state index >= 15 is 0 Å². The summed E-state index contributed by atoms with van der Waals surface area (Å²) < 4.78 is 5.72. The number of fused-ring (bicyclic) bond motifs is 1. The Kier molecular flexibility index (Phi) is 4.06. The van der Waals surface area contributed by atoms with Crippen molar-refractivity contribution in [1.29, 1.82) is 5.26 Å². The smallest absolute Gasteiger partial charge is 0.251 e. The first-order chi connectivity index (χ1) is 10.8. The first kappa shape index (κ1) is 14.2. The van der Waals surface area contributed by atoms with Gasteiger partial charge >= 0.3 is 0 Å². The van der Waals surface area contributed by atoms with Crippen LogP contribution in [0.3, 0.4) is 0 Å². The summed E-state index contributed by atoms with van der Waals surface area (Å²) in [5, 5.41) is 11.7. The van der Waals surface area contributed by atoms with Gasteiger partial charge in [0.05, 0.1) is 18.2 Å². The molecule has 0 aromatic heterocycles. The molecule has 1 heterocycles. The average molecular weight is 292 g/mol. The highest BCUT2D eigenvalue weighted by Crippen LogP contribution is 2.26. The second-order valence-electron chi connectivity index (χ2n) is 5.39. The van der Waals surface area contributed by atoms with Crippen LogP contribution in [0.1, 0.15) is 21.5 Å². The first-order valence-electron chi connectivity index (χ1n) is 7.25. The maximum atomic E-state index is 12.1. The van der Waals surface area contributed by atoms with Crippen LogP contribution in [0.15, 0.2) is 48.5 Å². The summed E-state index contributed by atoms with van der Waals surface area (Å²) in [7, 11) is 0. The zero-order chi connectivity index (χ0) is 15.4. The molecule has 2 aromatic carbocycles. The Labute approximate surface area is 129 Å². The maximum absolute atomic E-state index is 12.1. The van der Waals surface area contributed by atoms with Crippen LogP contribution in [-0.2, 0) is 6.42 Å². The molecule has 0 aliphatic carbocycles. The summed E-state index contributed by atoms with van der Waals surface area (Å²) in [5.41, 5.74) is 2.30. The summed E-state index contributed by atoms with van der Waals surface area (Å²) in [4.78, 5) is 12.1. The second-order valence-corrected chi connectivity index (χ2v) is 5.39. The van der Waals surface area contributed by atoms with Crippen molar-refractivity contribution in [1.82, 2.24) is 5.32 Å². The third-order valence-corrected chi connectivity index (χ3v) is 3.78. The minimum atomic E-state index is -0.122. The number of amides is 1. The quantitative estimate of drug-likeness (QED) is 0.945. The van der Waals surface area contributed by atoms with Gasteiger partial charge in [-0.05, 0) is 42.3 Å². The van der Waals surface area contributed by atoms with Crippen LogP contribution in [0.4, 0.5) is 0 Å². The van der Waals surface area contributed by atoms with Crippen molar-refractivity contribution in [2.45, 2.75) is 6.42 Å². The van der Waals surface area contributed by atoms with Gasteiger partial charge in [0, 0.05) is 18.0 Å². The van der Waals surface area contributed by atoms with E-state index in [1.165, 1.54) is 5.56 Å². The molecule has 0 radical (unpaired) electrons. The summed E-state index contributed by atoms with van der Waals surface area (Å²) in [6.45, 7) is 1.19. The van der Waals surface area contributed by atoms with Crippen molar-refractivity contribution >= 4 is 5.91 Å². The SMILES string of the molecule is N#Cc1ccc(C(=O)NCC2COc3ccccc3C2)cc1. The van der Waals surface area contributed by atoms with Crippen LogP contribution in [0.2, 0.25) is 0 Å². The van der Waals surface area contributed by atoms with E-state index in [9.17, 15) is 4.79 Å². The third kappa shape index (κ3) is 3.09. The van der Waals surface area contributed by atoms with E-state index in [-0.39, 0.29) is 11.8 Å². The molecular formula is C18H16N2O2. The van der Waals surface area contributed by atoms with Gasteiger partial charge in [0.2, 0.25) is 0 Å². The molecule has 0 fully saturated rings. The molecule has 1 aliphatic heterocycles. The number of nitrogens with zero attached hydrogens (tertiary/aromatic N) is 1. The molecule has 1 amide bonds. The molecule has 22 heavy (non-hydrogen) atoms. The topological polar surface area (TPSA) is 62.1 Å². The number of hydrogen-bond acceptors (Lipinski definition) is 3. The Hall–Kier alpha value is -2.80. The Morgan fingerprint density at radius 1 is 1.23 bits per heavy atom. The molecule has 1 unspecified atom stereocenters. The molecule has 0 bridgehead atoms.